The molecule has 2 N–H and O–H groups in total. The zero-order chi connectivity index (χ0) is 22.3. The van der Waals surface area contributed by atoms with Gasteiger partial charge in [-0.05, 0) is 68.1 Å². The number of hydrogen-bond donors (Lipinski definition) is 2. The van der Waals surface area contributed by atoms with E-state index in [1.165, 1.54) is 0 Å². The summed E-state index contributed by atoms with van der Waals surface area (Å²) in [7, 11) is -1.35. The maximum absolute atomic E-state index is 12.6. The first kappa shape index (κ1) is 20.4. The quantitative estimate of drug-likeness (QED) is 0.433. The average Bonchev–Trinajstić information content (AvgIpc) is 3.52. The molecular formula is C23H24N6O2S. The van der Waals surface area contributed by atoms with Crippen LogP contribution in [0.4, 0.5) is 23.1 Å². The summed E-state index contributed by atoms with van der Waals surface area (Å²) < 4.78 is 25.2. The normalized spacial score (nSPS) is 13.9. The molecule has 8 nitrogen and oxygen atoms in total. The van der Waals surface area contributed by atoms with E-state index in [1.807, 2.05) is 49.2 Å². The summed E-state index contributed by atoms with van der Waals surface area (Å²) in [6, 6.07) is 14.7. The van der Waals surface area contributed by atoms with Gasteiger partial charge in [-0.3, -0.25) is 5.10 Å². The second kappa shape index (κ2) is 7.90. The largest absolute Gasteiger partial charge is 0.329 e. The number of nitrogens with zero attached hydrogens (tertiary/aromatic N) is 4. The van der Waals surface area contributed by atoms with E-state index in [-0.39, 0.29) is 5.75 Å². The van der Waals surface area contributed by atoms with Crippen molar-refractivity contribution in [2.24, 2.45) is 5.92 Å². The van der Waals surface area contributed by atoms with Crippen molar-refractivity contribution in [1.29, 1.82) is 0 Å². The highest BCUT2D eigenvalue weighted by molar-refractivity contribution is 7.91. The zero-order valence-electron chi connectivity index (χ0n) is 17.9. The number of benzene rings is 2. The van der Waals surface area contributed by atoms with Crippen molar-refractivity contribution in [2.45, 2.75) is 24.7 Å². The Hall–Kier alpha value is -3.46. The minimum atomic E-state index is -3.28. The van der Waals surface area contributed by atoms with Crippen LogP contribution in [0.1, 0.15) is 18.5 Å². The van der Waals surface area contributed by atoms with Crippen molar-refractivity contribution in [3.05, 3.63) is 60.4 Å². The van der Waals surface area contributed by atoms with Gasteiger partial charge < -0.3 is 10.2 Å². The lowest BCUT2D eigenvalue weighted by atomic mass is 10.2. The highest BCUT2D eigenvalue weighted by Gasteiger charge is 2.29. The van der Waals surface area contributed by atoms with Crippen molar-refractivity contribution in [1.82, 2.24) is 20.2 Å². The summed E-state index contributed by atoms with van der Waals surface area (Å²) in [4.78, 5) is 11.2. The molecule has 2 heterocycles. The number of sulfone groups is 1. The van der Waals surface area contributed by atoms with Gasteiger partial charge in [0.25, 0.3) is 0 Å². The van der Waals surface area contributed by atoms with E-state index in [0.29, 0.717) is 28.3 Å². The van der Waals surface area contributed by atoms with Crippen LogP contribution in [0.3, 0.4) is 0 Å². The van der Waals surface area contributed by atoms with Gasteiger partial charge in [-0.1, -0.05) is 6.07 Å². The molecule has 0 spiro atoms. The summed E-state index contributed by atoms with van der Waals surface area (Å²) in [6.45, 7) is 1.99. The zero-order valence-corrected chi connectivity index (χ0v) is 18.7. The second-order valence-electron chi connectivity index (χ2n) is 8.23. The Balaban J connectivity index is 1.37. The number of anilines is 4. The van der Waals surface area contributed by atoms with Gasteiger partial charge in [0, 0.05) is 35.7 Å². The van der Waals surface area contributed by atoms with Crippen LogP contribution in [0.25, 0.3) is 10.9 Å². The summed E-state index contributed by atoms with van der Waals surface area (Å²) in [5.41, 5.74) is 3.50. The number of nitrogens with one attached hydrogen (secondary N) is 2. The Morgan fingerprint density at radius 1 is 1.16 bits per heavy atom. The maximum atomic E-state index is 12.6. The van der Waals surface area contributed by atoms with Gasteiger partial charge in [-0.25, -0.2) is 13.4 Å². The van der Waals surface area contributed by atoms with Gasteiger partial charge in [0.15, 0.2) is 9.84 Å². The molecule has 9 heteroatoms. The molecule has 0 atom stereocenters. The minimum absolute atomic E-state index is 0.215. The highest BCUT2D eigenvalue weighted by atomic mass is 32.2. The molecule has 2 aromatic carbocycles. The van der Waals surface area contributed by atoms with Crippen molar-refractivity contribution in [2.75, 3.05) is 23.0 Å². The number of fused-ring (bicyclic) bond motifs is 1. The highest BCUT2D eigenvalue weighted by Crippen LogP contribution is 2.33. The van der Waals surface area contributed by atoms with Gasteiger partial charge >= 0.3 is 0 Å². The third-order valence-electron chi connectivity index (χ3n) is 5.70. The predicted octanol–water partition coefficient (Wildman–Crippen LogP) is 4.36. The van der Waals surface area contributed by atoms with E-state index < -0.39 is 9.84 Å². The van der Waals surface area contributed by atoms with Gasteiger partial charge in [0.1, 0.15) is 5.82 Å². The summed E-state index contributed by atoms with van der Waals surface area (Å²) in [6.07, 6.45) is 3.67. The van der Waals surface area contributed by atoms with Crippen molar-refractivity contribution < 1.29 is 8.42 Å². The molecule has 2 aromatic heterocycles. The van der Waals surface area contributed by atoms with E-state index in [9.17, 15) is 8.42 Å². The van der Waals surface area contributed by atoms with Crippen LogP contribution in [0.5, 0.6) is 0 Å². The average molecular weight is 449 g/mol. The molecule has 5 rings (SSSR count). The maximum Gasteiger partial charge on any atom is 0.229 e. The third-order valence-corrected chi connectivity index (χ3v) is 7.58. The fourth-order valence-corrected chi connectivity index (χ4v) is 5.40. The molecule has 164 valence electrons. The smallest absolute Gasteiger partial charge is 0.229 e. The molecule has 0 radical (unpaired) electrons. The molecule has 0 saturated heterocycles. The summed E-state index contributed by atoms with van der Waals surface area (Å²) in [5.74, 6) is 1.61. The molecule has 1 aliphatic rings. The monoisotopic (exact) mass is 448 g/mol. The van der Waals surface area contributed by atoms with Crippen molar-refractivity contribution >= 4 is 43.9 Å². The van der Waals surface area contributed by atoms with Crippen LogP contribution >= 0.6 is 0 Å². The molecular weight excluding hydrogens is 424 g/mol. The Kier molecular flexibility index (Phi) is 5.05. The van der Waals surface area contributed by atoms with Crippen molar-refractivity contribution in [3.8, 4) is 0 Å². The number of aromatic nitrogens is 4. The lowest BCUT2D eigenvalue weighted by molar-refractivity contribution is 0.592. The Morgan fingerprint density at radius 3 is 2.81 bits per heavy atom. The predicted molar refractivity (Wildman–Crippen MR) is 125 cm³/mol. The number of hydrogen-bond acceptors (Lipinski definition) is 7. The van der Waals surface area contributed by atoms with E-state index >= 15 is 0 Å². The van der Waals surface area contributed by atoms with Crippen LogP contribution < -0.4 is 10.2 Å². The van der Waals surface area contributed by atoms with Gasteiger partial charge in [0.05, 0.1) is 16.2 Å². The molecule has 4 aromatic rings. The molecule has 1 fully saturated rings. The molecule has 0 bridgehead atoms. The van der Waals surface area contributed by atoms with Crippen LogP contribution in [0.15, 0.2) is 59.6 Å². The fourth-order valence-electron chi connectivity index (χ4n) is 3.66. The molecule has 0 amide bonds. The SMILES string of the molecule is Cc1[nH]nc2cc(N(C)c3ccnc(Nc4cccc(S(=O)(=O)CC5CC5)c4)n3)ccc12. The van der Waals surface area contributed by atoms with Crippen LogP contribution in [0, 0.1) is 12.8 Å². The van der Waals surface area contributed by atoms with E-state index in [1.54, 1.807) is 24.4 Å². The molecule has 1 aliphatic carbocycles. The Bertz CT molecular complexity index is 1390. The van der Waals surface area contributed by atoms with Gasteiger partial charge in [-0.15, -0.1) is 0 Å². The first-order chi connectivity index (χ1) is 15.4. The number of rotatable bonds is 7. The van der Waals surface area contributed by atoms with Gasteiger partial charge in [0.2, 0.25) is 5.95 Å². The Labute approximate surface area is 186 Å². The van der Waals surface area contributed by atoms with E-state index in [4.69, 9.17) is 0 Å². The lowest BCUT2D eigenvalue weighted by Crippen LogP contribution is -2.12. The summed E-state index contributed by atoms with van der Waals surface area (Å²) >= 11 is 0. The first-order valence-electron chi connectivity index (χ1n) is 10.5. The third kappa shape index (κ3) is 4.16. The molecule has 0 aliphatic heterocycles. The first-order valence-corrected chi connectivity index (χ1v) is 12.2. The lowest BCUT2D eigenvalue weighted by Gasteiger charge is -2.19. The number of H-pyrrole nitrogens is 1. The number of aryl methyl sites for hydroxylation is 1. The Morgan fingerprint density at radius 2 is 2.00 bits per heavy atom. The molecule has 32 heavy (non-hydrogen) atoms. The minimum Gasteiger partial charge on any atom is -0.329 e. The standard InChI is InChI=1S/C23H24N6O2S/c1-15-20-9-8-18(13-21(20)28-27-15)29(2)22-10-11-24-23(26-22)25-17-4-3-5-19(12-17)32(30,31)14-16-6-7-16/h3-5,8-13,16H,6-7,14H2,1-2H3,(H,27,28)(H,24,25,26). The topological polar surface area (TPSA) is 104 Å². The van der Waals surface area contributed by atoms with E-state index in [2.05, 4.69) is 25.5 Å². The summed E-state index contributed by atoms with van der Waals surface area (Å²) in [5, 5.41) is 11.6. The van der Waals surface area contributed by atoms with Crippen LogP contribution in [0.2, 0.25) is 0 Å². The van der Waals surface area contributed by atoms with E-state index in [0.717, 1.165) is 35.1 Å². The van der Waals surface area contributed by atoms with Crippen LogP contribution in [-0.4, -0.2) is 41.4 Å². The number of aromatic amines is 1. The molecule has 0 unspecified atom stereocenters. The van der Waals surface area contributed by atoms with Crippen molar-refractivity contribution in [3.63, 3.8) is 0 Å². The molecule has 1 saturated carbocycles. The van der Waals surface area contributed by atoms with Gasteiger partial charge in [-0.2, -0.15) is 10.1 Å². The second-order valence-corrected chi connectivity index (χ2v) is 10.3. The fraction of sp³-hybridized carbons (Fsp3) is 0.261. The van der Waals surface area contributed by atoms with Crippen LogP contribution in [-0.2, 0) is 9.84 Å².